The van der Waals surface area contributed by atoms with Crippen molar-refractivity contribution >= 4 is 28.7 Å². The minimum absolute atomic E-state index is 0.0375. The Morgan fingerprint density at radius 2 is 1.78 bits per heavy atom. The summed E-state index contributed by atoms with van der Waals surface area (Å²) in [4.78, 5) is 33.4. The average Bonchev–Trinajstić information content (AvgIpc) is 3.44. The summed E-state index contributed by atoms with van der Waals surface area (Å²) in [6, 6.07) is 18.8. The lowest BCUT2D eigenvalue weighted by atomic mass is 10.0. The Morgan fingerprint density at radius 1 is 0.938 bits per heavy atom. The summed E-state index contributed by atoms with van der Waals surface area (Å²) in [7, 11) is 0. The Kier molecular flexibility index (Phi) is 5.33. The Morgan fingerprint density at radius 3 is 2.66 bits per heavy atom. The van der Waals surface area contributed by atoms with E-state index in [1.807, 2.05) is 48.5 Å². The van der Waals surface area contributed by atoms with Gasteiger partial charge in [-0.05, 0) is 52.1 Å². The number of Topliss-reactive ketones (excluding diaryl/α,β-unsaturated/α-hetero) is 1. The molecule has 0 spiro atoms. The van der Waals surface area contributed by atoms with E-state index >= 15 is 0 Å². The van der Waals surface area contributed by atoms with Gasteiger partial charge in [0.05, 0.1) is 0 Å². The summed E-state index contributed by atoms with van der Waals surface area (Å²) >= 11 is 0. The number of urea groups is 1. The van der Waals surface area contributed by atoms with Crippen molar-refractivity contribution in [3.63, 3.8) is 0 Å². The highest BCUT2D eigenvalue weighted by atomic mass is 16.6. The van der Waals surface area contributed by atoms with E-state index in [0.29, 0.717) is 54.9 Å². The van der Waals surface area contributed by atoms with Crippen LogP contribution in [0, 0.1) is 0 Å². The first-order valence-electron chi connectivity index (χ1n) is 10.5. The molecule has 1 aliphatic rings. The molecule has 0 atom stereocenters. The topological polar surface area (TPSA) is 92.4 Å². The van der Waals surface area contributed by atoms with Crippen LogP contribution in [0.2, 0.25) is 0 Å². The van der Waals surface area contributed by atoms with E-state index in [2.05, 4.69) is 15.3 Å². The molecule has 2 aromatic heterocycles. The second kappa shape index (κ2) is 8.58. The summed E-state index contributed by atoms with van der Waals surface area (Å²) < 4.78 is 4.73. The largest absolute Gasteiger partial charge is 0.326 e. The van der Waals surface area contributed by atoms with Gasteiger partial charge in [0.1, 0.15) is 16.9 Å². The summed E-state index contributed by atoms with van der Waals surface area (Å²) in [5.74, 6) is 0.537. The number of hydrogen-bond acceptors (Lipinski definition) is 6. The molecule has 3 heterocycles. The first kappa shape index (κ1) is 19.9. The number of hydrogen-bond donors (Lipinski definition) is 0. The third-order valence-corrected chi connectivity index (χ3v) is 5.61. The zero-order chi connectivity index (χ0) is 21.9. The highest BCUT2D eigenvalue weighted by Crippen LogP contribution is 2.22. The van der Waals surface area contributed by atoms with Crippen molar-refractivity contribution in [3.05, 3.63) is 83.6 Å². The molecule has 32 heavy (non-hydrogen) atoms. The number of ketones is 1. The lowest BCUT2D eigenvalue weighted by molar-refractivity contribution is 0.0982. The number of pyridine rings is 1. The number of nitrogens with zero attached hydrogens (tertiary/aromatic N) is 5. The maximum Gasteiger partial charge on any atom is 0.326 e. The van der Waals surface area contributed by atoms with Gasteiger partial charge >= 0.3 is 6.03 Å². The molecule has 0 N–H and O–H groups in total. The fourth-order valence-electron chi connectivity index (χ4n) is 3.87. The van der Waals surface area contributed by atoms with E-state index in [0.717, 1.165) is 11.1 Å². The Hall–Kier alpha value is -4.07. The predicted octanol–water partition coefficient (Wildman–Crippen LogP) is 3.88. The fraction of sp³-hybridized carbons (Fsp3) is 0.208. The van der Waals surface area contributed by atoms with Crippen molar-refractivity contribution in [3.8, 4) is 0 Å². The smallest absolute Gasteiger partial charge is 0.318 e. The second-order valence-electron chi connectivity index (χ2n) is 7.75. The molecule has 1 fully saturated rings. The predicted molar refractivity (Wildman–Crippen MR) is 118 cm³/mol. The maximum atomic E-state index is 13.0. The summed E-state index contributed by atoms with van der Waals surface area (Å²) in [6.07, 6.45) is 2.68. The van der Waals surface area contributed by atoms with Crippen LogP contribution in [-0.2, 0) is 13.0 Å². The number of anilines is 1. The lowest BCUT2D eigenvalue weighted by Gasteiger charge is -2.18. The van der Waals surface area contributed by atoms with Crippen molar-refractivity contribution in [1.82, 2.24) is 20.2 Å². The Balaban J connectivity index is 1.25. The molecule has 0 radical (unpaired) electrons. The van der Waals surface area contributed by atoms with E-state index in [9.17, 15) is 9.59 Å². The molecule has 4 aromatic rings. The molecule has 160 valence electrons. The first-order chi connectivity index (χ1) is 15.7. The Bertz CT molecular complexity index is 1270. The van der Waals surface area contributed by atoms with Crippen LogP contribution in [0.3, 0.4) is 0 Å². The molecule has 2 aromatic carbocycles. The summed E-state index contributed by atoms with van der Waals surface area (Å²) in [6.45, 7) is 1.54. The van der Waals surface area contributed by atoms with Crippen LogP contribution in [0.4, 0.5) is 10.6 Å². The molecule has 1 aliphatic heterocycles. The second-order valence-corrected chi connectivity index (χ2v) is 7.75. The van der Waals surface area contributed by atoms with Crippen molar-refractivity contribution in [1.29, 1.82) is 0 Å². The van der Waals surface area contributed by atoms with Crippen LogP contribution in [0.1, 0.15) is 27.9 Å². The maximum absolute atomic E-state index is 13.0. The van der Waals surface area contributed by atoms with Crippen LogP contribution >= 0.6 is 0 Å². The van der Waals surface area contributed by atoms with Crippen LogP contribution in [0.25, 0.3) is 11.0 Å². The van der Waals surface area contributed by atoms with E-state index in [-0.39, 0.29) is 11.8 Å². The summed E-state index contributed by atoms with van der Waals surface area (Å²) in [5.41, 5.74) is 3.98. The number of carbonyl (C=O) groups excluding carboxylic acids is 2. The molecule has 8 heteroatoms. The molecule has 0 aliphatic carbocycles. The van der Waals surface area contributed by atoms with E-state index < -0.39 is 0 Å². The molecule has 2 amide bonds. The molecule has 1 saturated heterocycles. The third kappa shape index (κ3) is 4.07. The number of benzene rings is 2. The van der Waals surface area contributed by atoms with Crippen molar-refractivity contribution in [2.24, 2.45) is 0 Å². The minimum Gasteiger partial charge on any atom is -0.318 e. The third-order valence-electron chi connectivity index (χ3n) is 5.61. The van der Waals surface area contributed by atoms with Crippen LogP contribution in [-0.4, -0.2) is 45.1 Å². The highest BCUT2D eigenvalue weighted by molar-refractivity contribution is 5.98. The van der Waals surface area contributed by atoms with Gasteiger partial charge in [-0.15, -0.1) is 0 Å². The first-order valence-corrected chi connectivity index (χ1v) is 10.5. The highest BCUT2D eigenvalue weighted by Gasteiger charge is 2.30. The molecule has 0 bridgehead atoms. The molecular weight excluding hydrogens is 406 g/mol. The number of carbonyl (C=O) groups is 2. The number of amides is 2. The quantitative estimate of drug-likeness (QED) is 0.416. The van der Waals surface area contributed by atoms with Gasteiger partial charge < -0.3 is 4.90 Å². The van der Waals surface area contributed by atoms with Crippen molar-refractivity contribution in [2.75, 3.05) is 18.0 Å². The molecular formula is C24H21N5O3. The van der Waals surface area contributed by atoms with Gasteiger partial charge in [0.15, 0.2) is 5.78 Å². The van der Waals surface area contributed by atoms with Crippen molar-refractivity contribution in [2.45, 2.75) is 19.4 Å². The average molecular weight is 427 g/mol. The van der Waals surface area contributed by atoms with Gasteiger partial charge in [-0.25, -0.2) is 14.4 Å². The molecule has 5 rings (SSSR count). The fourth-order valence-corrected chi connectivity index (χ4v) is 3.87. The van der Waals surface area contributed by atoms with E-state index in [4.69, 9.17) is 4.63 Å². The number of rotatable bonds is 7. The monoisotopic (exact) mass is 427 g/mol. The standard InChI is InChI=1S/C24H21N5O3/c30-22(9-7-17-4-2-1-3-5-17)19-10-11-25-23(15-19)29-13-12-28(24(29)31)16-18-6-8-20-21(14-18)27-32-26-20/h1-6,8,10-11,14-15H,7,9,12-13,16H2. The molecule has 0 unspecified atom stereocenters. The zero-order valence-electron chi connectivity index (χ0n) is 17.3. The van der Waals surface area contributed by atoms with Gasteiger partial charge in [0, 0.05) is 37.8 Å². The van der Waals surface area contributed by atoms with Gasteiger partial charge in [-0.1, -0.05) is 36.4 Å². The Labute approximate surface area is 184 Å². The molecule has 0 saturated carbocycles. The van der Waals surface area contributed by atoms with Crippen LogP contribution in [0.15, 0.2) is 71.5 Å². The number of fused-ring (bicyclic) bond motifs is 1. The van der Waals surface area contributed by atoms with E-state index in [1.54, 1.807) is 28.1 Å². The van der Waals surface area contributed by atoms with Crippen molar-refractivity contribution < 1.29 is 14.2 Å². The van der Waals surface area contributed by atoms with Gasteiger partial charge in [-0.2, -0.15) is 0 Å². The van der Waals surface area contributed by atoms with Crippen LogP contribution in [0.5, 0.6) is 0 Å². The number of aryl methyl sites for hydroxylation is 1. The van der Waals surface area contributed by atoms with E-state index in [1.165, 1.54) is 0 Å². The van der Waals surface area contributed by atoms with Gasteiger partial charge in [0.25, 0.3) is 0 Å². The zero-order valence-corrected chi connectivity index (χ0v) is 17.3. The normalized spacial score (nSPS) is 13.8. The van der Waals surface area contributed by atoms with Crippen LogP contribution < -0.4 is 4.90 Å². The lowest BCUT2D eigenvalue weighted by Crippen LogP contribution is -2.32. The number of aromatic nitrogens is 3. The van der Waals surface area contributed by atoms with Gasteiger partial charge in [-0.3, -0.25) is 9.69 Å². The SMILES string of the molecule is O=C(CCc1ccccc1)c1ccnc(N2CCN(Cc3ccc4nonc4c3)C2=O)c1. The minimum atomic E-state index is -0.134. The summed E-state index contributed by atoms with van der Waals surface area (Å²) in [5, 5.41) is 7.65. The molecule has 8 nitrogen and oxygen atoms in total. The van der Waals surface area contributed by atoms with Gasteiger partial charge in [0.2, 0.25) is 0 Å².